The van der Waals surface area contributed by atoms with Gasteiger partial charge in [0.05, 0.1) is 19.6 Å². The number of rotatable bonds is 24. The van der Waals surface area contributed by atoms with Crippen LogP contribution in [0.3, 0.4) is 0 Å². The monoisotopic (exact) mass is 1380 g/mol. The van der Waals surface area contributed by atoms with E-state index in [1.807, 2.05) is 60.7 Å². The number of benzene rings is 4. The van der Waals surface area contributed by atoms with Crippen LogP contribution in [0.4, 0.5) is 17.6 Å². The number of esters is 2. The van der Waals surface area contributed by atoms with Crippen molar-refractivity contribution in [3.63, 3.8) is 0 Å². The van der Waals surface area contributed by atoms with Gasteiger partial charge in [-0.15, -0.1) is 35.9 Å². The van der Waals surface area contributed by atoms with Crippen molar-refractivity contribution in [2.75, 3.05) is 37.8 Å². The van der Waals surface area contributed by atoms with Gasteiger partial charge >= 0.3 is 25.2 Å². The van der Waals surface area contributed by atoms with Crippen molar-refractivity contribution in [2.45, 2.75) is 87.5 Å². The average molecular weight is 1380 g/mol. The highest BCUT2D eigenvalue weighted by molar-refractivity contribution is 8.01. The molecule has 5 N–H and O–H groups in total. The van der Waals surface area contributed by atoms with Gasteiger partial charge in [-0.2, -0.15) is 17.6 Å². The number of hydrogen-bond donors (Lipinski definition) is 1. The van der Waals surface area contributed by atoms with Gasteiger partial charge in [0.15, 0.2) is 58.5 Å². The molecule has 4 heterocycles. The Kier molecular flexibility index (Phi) is 30.3. The lowest BCUT2D eigenvalue weighted by Crippen LogP contribution is -2.41. The van der Waals surface area contributed by atoms with E-state index in [0.717, 1.165) is 42.6 Å². The molecular formula is C60H62Cl6F4N4O12S2. The van der Waals surface area contributed by atoms with Crippen molar-refractivity contribution in [3.05, 3.63) is 175 Å². The quantitative estimate of drug-likeness (QED) is 0.0338. The average Bonchev–Trinajstić information content (AvgIpc) is 3.51. The molecule has 0 radical (unpaired) electrons. The summed E-state index contributed by atoms with van der Waals surface area (Å²) < 4.78 is 84.9. The van der Waals surface area contributed by atoms with Gasteiger partial charge in [0, 0.05) is 55.0 Å². The van der Waals surface area contributed by atoms with Crippen LogP contribution in [0, 0.1) is 11.8 Å². The van der Waals surface area contributed by atoms with Crippen LogP contribution in [0.25, 0.3) is 0 Å². The first-order valence-corrected chi connectivity index (χ1v) is 31.0. The summed E-state index contributed by atoms with van der Waals surface area (Å²) in [4.78, 5) is 57.1. The molecule has 1 amide bonds. The zero-order valence-electron chi connectivity index (χ0n) is 46.6. The number of thioether (sulfide) groups is 2. The summed E-state index contributed by atoms with van der Waals surface area (Å²) in [7, 11) is 0. The summed E-state index contributed by atoms with van der Waals surface area (Å²) in [6, 6.07) is 27.7. The lowest BCUT2D eigenvalue weighted by molar-refractivity contribution is -0.378. The molecule has 2 saturated carbocycles. The normalized spacial score (nSPS) is 16.4. The third kappa shape index (κ3) is 22.8. The van der Waals surface area contributed by atoms with Gasteiger partial charge in [-0.05, 0) is 95.6 Å². The Labute approximate surface area is 545 Å². The molecule has 4 aliphatic rings. The predicted molar refractivity (Wildman–Crippen MR) is 328 cm³/mol. The molecule has 0 unspecified atom stereocenters. The first-order valence-electron chi connectivity index (χ1n) is 27.0. The van der Waals surface area contributed by atoms with Gasteiger partial charge < -0.3 is 44.3 Å². The largest absolute Gasteiger partial charge is 0.870 e. The number of amides is 1. The Balaban J connectivity index is 0.000000273. The minimum atomic E-state index is -3.04. The van der Waals surface area contributed by atoms with E-state index in [1.54, 1.807) is 36.9 Å². The second-order valence-corrected chi connectivity index (χ2v) is 24.3. The number of aromatic amines is 2. The molecule has 16 nitrogen and oxygen atoms in total. The van der Waals surface area contributed by atoms with E-state index in [9.17, 15) is 36.7 Å². The van der Waals surface area contributed by atoms with Gasteiger partial charge in [-0.3, -0.25) is 14.9 Å². The topological polar surface area (TPSA) is 227 Å². The highest BCUT2D eigenvalue weighted by Gasteiger charge is 2.38. The fraction of sp³-hybridized carbons (Fsp3) is 0.367. The van der Waals surface area contributed by atoms with Crippen LogP contribution in [0.2, 0.25) is 20.1 Å². The summed E-state index contributed by atoms with van der Waals surface area (Å²) in [5, 5.41) is 2.90. The molecule has 2 aliphatic carbocycles. The fourth-order valence-electron chi connectivity index (χ4n) is 8.74. The first kappa shape index (κ1) is 73.2. The van der Waals surface area contributed by atoms with Crippen LogP contribution in [0.1, 0.15) is 71.3 Å². The molecule has 28 heteroatoms. The van der Waals surface area contributed by atoms with Gasteiger partial charge in [0.25, 0.3) is 0 Å². The van der Waals surface area contributed by atoms with Crippen LogP contribution < -0.4 is 34.2 Å². The van der Waals surface area contributed by atoms with Crippen LogP contribution in [-0.4, -0.2) is 101 Å². The number of alkyl halides is 4. The zero-order chi connectivity index (χ0) is 60.4. The molecule has 88 heavy (non-hydrogen) atoms. The minimum Gasteiger partial charge on any atom is -0.870 e. The van der Waals surface area contributed by atoms with Crippen molar-refractivity contribution in [1.82, 2.24) is 10.2 Å². The van der Waals surface area contributed by atoms with Gasteiger partial charge in [-0.25, -0.2) is 19.6 Å². The highest BCUT2D eigenvalue weighted by atomic mass is 35.5. The van der Waals surface area contributed by atoms with E-state index < -0.39 is 48.1 Å². The Bertz CT molecular complexity index is 3180. The Hall–Kier alpha value is -5.50. The molecule has 0 spiro atoms. The molecular weight excluding hydrogens is 1320 g/mol. The van der Waals surface area contributed by atoms with Crippen molar-refractivity contribution in [2.24, 2.45) is 11.8 Å². The molecule has 476 valence electrons. The van der Waals surface area contributed by atoms with Crippen LogP contribution in [-0.2, 0) is 54.3 Å². The number of aromatic nitrogens is 2. The smallest absolute Gasteiger partial charge is 0.387 e. The van der Waals surface area contributed by atoms with Crippen molar-refractivity contribution in [1.29, 1.82) is 0 Å². The van der Waals surface area contributed by atoms with E-state index >= 15 is 0 Å². The number of halogens is 10. The lowest BCUT2D eigenvalue weighted by Gasteiger charge is -2.26. The molecule has 10 rings (SSSR count). The van der Waals surface area contributed by atoms with Gasteiger partial charge in [0.1, 0.15) is 32.3 Å². The van der Waals surface area contributed by atoms with Gasteiger partial charge in [0.2, 0.25) is 11.1 Å². The molecule has 6 aromatic rings. The minimum absolute atomic E-state index is 0. The third-order valence-corrected chi connectivity index (χ3v) is 17.3. The van der Waals surface area contributed by atoms with Gasteiger partial charge in [-0.1, -0.05) is 119 Å². The molecule has 4 aromatic carbocycles. The van der Waals surface area contributed by atoms with E-state index in [1.165, 1.54) is 52.7 Å². The van der Waals surface area contributed by atoms with Crippen molar-refractivity contribution in [3.8, 4) is 23.0 Å². The second-order valence-electron chi connectivity index (χ2n) is 19.9. The highest BCUT2D eigenvalue weighted by Crippen LogP contribution is 2.41. The maximum Gasteiger partial charge on any atom is 0.387 e. The number of nitrogens with zero attached hydrogens (tertiary/aromatic N) is 1. The Morgan fingerprint density at radius 3 is 1.44 bits per heavy atom. The third-order valence-electron chi connectivity index (χ3n) is 13.5. The standard InChI is InChI=1S/C30H28Cl2F2N2O5S.C22H22Cl2F2N2O4S.C8H7ClO.ClH.2H2O/c31-22-15-35-16-23(32)21(22)14-25(20-8-9-24(41-30(33)34)26(13-20)39-17-19-6-7-19)40-29(38)28-36(10-11-42-28)27(37)12-18-4-2-1-3-5-18;23-15-9-27-10-16(24)14(15)8-18(31-21(29)20-28-5-6-33-20)13-3-4-17(32-22(25)26)19(7-13)30-11-12-1-2-12;9-8(10)6-7-4-2-1-3-5-7;;;/h1-5,8-9,13,15-16,19,25,28,30H,6-7,10-12,14,17H2;3-4,7,9-10,12,18,20,22,28H,1-2,5-6,8,11H2;1-5H,6H2;1H;2*1H2/t25-,28-;18-,20-;;;;/m00..../s1. The molecule has 4 atom stereocenters. The molecule has 2 aromatic heterocycles. The number of H-pyrrole nitrogens is 2. The van der Waals surface area contributed by atoms with Crippen molar-refractivity contribution < 1.29 is 86.1 Å². The maximum absolute atomic E-state index is 13.6. The summed E-state index contributed by atoms with van der Waals surface area (Å²) in [6.07, 6.45) is 9.43. The summed E-state index contributed by atoms with van der Waals surface area (Å²) in [6.45, 7) is -4.15. The van der Waals surface area contributed by atoms with Crippen molar-refractivity contribution >= 4 is 117 Å². The molecule has 2 aliphatic heterocycles. The predicted octanol–water partition coefficient (Wildman–Crippen LogP) is 12.9. The number of carbonyl (C=O) groups excluding carboxylic acids is 4. The van der Waals surface area contributed by atoms with E-state index in [2.05, 4.69) is 24.8 Å². The van der Waals surface area contributed by atoms with Crippen LogP contribution in [0.15, 0.2) is 122 Å². The second kappa shape index (κ2) is 36.4. The number of ether oxygens (including phenoxy) is 6. The number of pyridine rings is 2. The number of carbonyl (C=O) groups is 4. The number of hydrogen-bond acceptors (Lipinski definition) is 15. The summed E-state index contributed by atoms with van der Waals surface area (Å²) >= 11 is 33.5. The summed E-state index contributed by atoms with van der Waals surface area (Å²) in [5.74, 6) is 1.04. The fourth-order valence-corrected chi connectivity index (χ4v) is 12.0. The molecule has 0 bridgehead atoms. The van der Waals surface area contributed by atoms with E-state index in [4.69, 9.17) is 77.0 Å². The van der Waals surface area contributed by atoms with E-state index in [0.29, 0.717) is 92.7 Å². The molecule has 4 fully saturated rings. The van der Waals surface area contributed by atoms with Crippen LogP contribution in [0.5, 0.6) is 23.0 Å². The summed E-state index contributed by atoms with van der Waals surface area (Å²) in [5.41, 5.74) is 3.95. The number of nitrogens with one attached hydrogen (secondary N) is 3. The Morgan fingerprint density at radius 1 is 0.591 bits per heavy atom. The van der Waals surface area contributed by atoms with Crippen LogP contribution >= 0.6 is 93.9 Å². The zero-order valence-corrected chi connectivity index (χ0v) is 52.8. The first-order chi connectivity index (χ1) is 41.0. The SMILES string of the molecule is Cl.O=C(Cl)Cc1ccccc1.O=C(O[C@@H](Cc1c(Cl)c[nH+]cc1Cl)c1ccc(OC(F)F)c(OCC2CC2)c1)[C@@H]1SCCN1C(=O)Cc1ccccc1.O=C(O[C@@H](Cc1c(Cl)c[nH+]cc1Cl)c1ccc(OC(F)F)c(OCC2CC2)c1)[C@H]1NCCS1.[OH-].[OH-]. The molecule has 2 saturated heterocycles. The Morgan fingerprint density at radius 2 is 1.03 bits per heavy atom. The maximum atomic E-state index is 13.6. The van der Waals surface area contributed by atoms with E-state index in [-0.39, 0.29) is 76.8 Å². The lowest BCUT2D eigenvalue weighted by atomic mass is 10.0.